The number of rotatable bonds is 1. The quantitative estimate of drug-likeness (QED) is 0.576. The maximum Gasteiger partial charge on any atom is 0.328 e. The number of allylic oxidation sites excluding steroid dienone is 1. The summed E-state index contributed by atoms with van der Waals surface area (Å²) in [6.45, 7) is 0. The van der Waals surface area contributed by atoms with E-state index >= 15 is 0 Å². The Labute approximate surface area is 64.7 Å². The number of carbonyl (C=O) groups excluding carboxylic acids is 1. The molecule has 1 N–H and O–H groups in total. The Kier molecular flexibility index (Phi) is 2.41. The van der Waals surface area contributed by atoms with Crippen molar-refractivity contribution in [2.75, 3.05) is 0 Å². The van der Waals surface area contributed by atoms with Crippen molar-refractivity contribution < 1.29 is 14.7 Å². The lowest BCUT2D eigenvalue weighted by atomic mass is 9.93. The predicted molar refractivity (Wildman–Crippen MR) is 39.2 cm³/mol. The van der Waals surface area contributed by atoms with Gasteiger partial charge in [0.1, 0.15) is 0 Å². The monoisotopic (exact) mass is 154 g/mol. The highest BCUT2D eigenvalue weighted by Gasteiger charge is 2.15. The third-order valence-electron chi connectivity index (χ3n) is 1.76. The van der Waals surface area contributed by atoms with E-state index in [-0.39, 0.29) is 5.78 Å². The topological polar surface area (TPSA) is 54.4 Å². The van der Waals surface area contributed by atoms with Crippen molar-refractivity contribution in [3.8, 4) is 0 Å². The van der Waals surface area contributed by atoms with Gasteiger partial charge < -0.3 is 5.11 Å². The minimum absolute atomic E-state index is 0.00125. The molecule has 0 aromatic carbocycles. The van der Waals surface area contributed by atoms with Crippen LogP contribution in [0.15, 0.2) is 11.6 Å². The van der Waals surface area contributed by atoms with Crippen LogP contribution in [0.5, 0.6) is 0 Å². The molecule has 3 nitrogen and oxygen atoms in total. The number of carboxylic acids is 1. The second-order valence-corrected chi connectivity index (χ2v) is 2.64. The fourth-order valence-electron chi connectivity index (χ4n) is 1.20. The maximum absolute atomic E-state index is 11.0. The highest BCUT2D eigenvalue weighted by Crippen LogP contribution is 2.19. The van der Waals surface area contributed by atoms with Gasteiger partial charge in [0.2, 0.25) is 0 Å². The molecule has 1 aliphatic carbocycles. The third-order valence-corrected chi connectivity index (χ3v) is 1.76. The van der Waals surface area contributed by atoms with Crippen molar-refractivity contribution in [2.24, 2.45) is 0 Å². The van der Waals surface area contributed by atoms with Gasteiger partial charge in [0.15, 0.2) is 5.78 Å². The standard InChI is InChI=1S/C8H10O3/c9-7-4-2-1-3-6(7)5-8(10)11/h5H,1-4H2,(H,10,11)/b6-5+. The summed E-state index contributed by atoms with van der Waals surface area (Å²) in [6.07, 6.45) is 4.01. The van der Waals surface area contributed by atoms with Crippen LogP contribution in [0, 0.1) is 0 Å². The fraction of sp³-hybridized carbons (Fsp3) is 0.500. The van der Waals surface area contributed by atoms with Crippen molar-refractivity contribution in [2.45, 2.75) is 25.7 Å². The molecular formula is C8H10O3. The zero-order valence-electron chi connectivity index (χ0n) is 6.17. The van der Waals surface area contributed by atoms with Gasteiger partial charge in [-0.15, -0.1) is 0 Å². The van der Waals surface area contributed by atoms with Gasteiger partial charge in [-0.3, -0.25) is 4.79 Å². The minimum atomic E-state index is -1.02. The number of Topliss-reactive ketones (excluding diaryl/α,β-unsaturated/α-hetero) is 1. The lowest BCUT2D eigenvalue weighted by molar-refractivity contribution is -0.131. The first-order valence-corrected chi connectivity index (χ1v) is 3.67. The number of hydrogen-bond donors (Lipinski definition) is 1. The summed E-state index contributed by atoms with van der Waals surface area (Å²) in [5.41, 5.74) is 0.476. The van der Waals surface area contributed by atoms with Crippen LogP contribution in [-0.4, -0.2) is 16.9 Å². The first-order chi connectivity index (χ1) is 5.20. The molecule has 0 spiro atoms. The van der Waals surface area contributed by atoms with E-state index in [1.807, 2.05) is 0 Å². The Balaban J connectivity index is 2.68. The van der Waals surface area contributed by atoms with Crippen molar-refractivity contribution in [1.29, 1.82) is 0 Å². The lowest BCUT2D eigenvalue weighted by Gasteiger charge is -2.10. The predicted octanol–water partition coefficient (Wildman–Crippen LogP) is 1.14. The number of hydrogen-bond acceptors (Lipinski definition) is 2. The molecule has 11 heavy (non-hydrogen) atoms. The van der Waals surface area contributed by atoms with Gasteiger partial charge in [0.25, 0.3) is 0 Å². The SMILES string of the molecule is O=C(O)/C=C1\CCCCC1=O. The number of carbonyl (C=O) groups is 2. The van der Waals surface area contributed by atoms with E-state index in [4.69, 9.17) is 5.11 Å². The van der Waals surface area contributed by atoms with E-state index in [0.717, 1.165) is 18.9 Å². The Hall–Kier alpha value is -1.12. The molecule has 0 heterocycles. The average molecular weight is 154 g/mol. The van der Waals surface area contributed by atoms with Crippen molar-refractivity contribution in [3.05, 3.63) is 11.6 Å². The molecule has 60 valence electrons. The smallest absolute Gasteiger partial charge is 0.328 e. The van der Waals surface area contributed by atoms with Gasteiger partial charge in [0.05, 0.1) is 0 Å². The van der Waals surface area contributed by atoms with Gasteiger partial charge in [-0.2, -0.15) is 0 Å². The van der Waals surface area contributed by atoms with Crippen LogP contribution in [-0.2, 0) is 9.59 Å². The Morgan fingerprint density at radius 2 is 2.00 bits per heavy atom. The van der Waals surface area contributed by atoms with Crippen LogP contribution in [0.1, 0.15) is 25.7 Å². The molecule has 0 radical (unpaired) electrons. The Bertz CT molecular complexity index is 215. The first-order valence-electron chi connectivity index (χ1n) is 3.67. The van der Waals surface area contributed by atoms with Gasteiger partial charge in [-0.25, -0.2) is 4.79 Å². The summed E-state index contributed by atoms with van der Waals surface area (Å²) in [5.74, 6) is -1.02. The highest BCUT2D eigenvalue weighted by atomic mass is 16.4. The zero-order valence-corrected chi connectivity index (χ0v) is 6.17. The van der Waals surface area contributed by atoms with Gasteiger partial charge in [-0.1, -0.05) is 0 Å². The molecular weight excluding hydrogens is 144 g/mol. The normalized spacial score (nSPS) is 22.2. The van der Waals surface area contributed by atoms with E-state index in [1.165, 1.54) is 0 Å². The van der Waals surface area contributed by atoms with Crippen LogP contribution >= 0.6 is 0 Å². The summed E-state index contributed by atoms with van der Waals surface area (Å²) in [5, 5.41) is 8.35. The first kappa shape index (κ1) is 7.98. The summed E-state index contributed by atoms with van der Waals surface area (Å²) >= 11 is 0. The van der Waals surface area contributed by atoms with E-state index < -0.39 is 5.97 Å². The second kappa shape index (κ2) is 3.32. The van der Waals surface area contributed by atoms with Crippen LogP contribution in [0.2, 0.25) is 0 Å². The Morgan fingerprint density at radius 3 is 2.55 bits per heavy atom. The fourth-order valence-corrected chi connectivity index (χ4v) is 1.20. The maximum atomic E-state index is 11.0. The van der Waals surface area contributed by atoms with E-state index in [2.05, 4.69) is 0 Å². The number of aliphatic carboxylic acids is 1. The molecule has 1 saturated carbocycles. The summed E-state index contributed by atoms with van der Waals surface area (Å²) in [6, 6.07) is 0. The van der Waals surface area contributed by atoms with Gasteiger partial charge in [-0.05, 0) is 19.3 Å². The second-order valence-electron chi connectivity index (χ2n) is 2.64. The largest absolute Gasteiger partial charge is 0.478 e. The number of carboxylic acid groups (broad SMARTS) is 1. The summed E-state index contributed by atoms with van der Waals surface area (Å²) in [4.78, 5) is 21.2. The minimum Gasteiger partial charge on any atom is -0.478 e. The third kappa shape index (κ3) is 2.18. The molecule has 1 rings (SSSR count). The van der Waals surface area contributed by atoms with Crippen LogP contribution < -0.4 is 0 Å². The van der Waals surface area contributed by atoms with E-state index in [0.29, 0.717) is 18.4 Å². The van der Waals surface area contributed by atoms with E-state index in [1.54, 1.807) is 0 Å². The van der Waals surface area contributed by atoms with Crippen LogP contribution in [0.4, 0.5) is 0 Å². The highest BCUT2D eigenvalue weighted by molar-refractivity contribution is 6.00. The molecule has 1 aliphatic rings. The molecule has 0 atom stereocenters. The van der Waals surface area contributed by atoms with Gasteiger partial charge >= 0.3 is 5.97 Å². The van der Waals surface area contributed by atoms with Gasteiger partial charge in [0, 0.05) is 18.1 Å². The van der Waals surface area contributed by atoms with Crippen molar-refractivity contribution in [3.63, 3.8) is 0 Å². The summed E-state index contributed by atoms with van der Waals surface area (Å²) < 4.78 is 0. The average Bonchev–Trinajstić information content (AvgIpc) is 1.93. The molecule has 0 unspecified atom stereocenters. The molecule has 0 aliphatic heterocycles. The molecule has 3 heteroatoms. The molecule has 0 aromatic rings. The molecule has 0 saturated heterocycles. The van der Waals surface area contributed by atoms with Crippen molar-refractivity contribution in [1.82, 2.24) is 0 Å². The summed E-state index contributed by atoms with van der Waals surface area (Å²) in [7, 11) is 0. The van der Waals surface area contributed by atoms with Crippen LogP contribution in [0.25, 0.3) is 0 Å². The zero-order chi connectivity index (χ0) is 8.27. The molecule has 0 aromatic heterocycles. The molecule has 0 bridgehead atoms. The Morgan fingerprint density at radius 1 is 1.36 bits per heavy atom. The van der Waals surface area contributed by atoms with Crippen LogP contribution in [0.3, 0.4) is 0 Å². The lowest BCUT2D eigenvalue weighted by Crippen LogP contribution is -2.09. The van der Waals surface area contributed by atoms with Crippen molar-refractivity contribution >= 4 is 11.8 Å². The van der Waals surface area contributed by atoms with E-state index in [9.17, 15) is 9.59 Å². The molecule has 1 fully saturated rings. The molecule has 0 amide bonds. The number of ketones is 1.